The highest BCUT2D eigenvalue weighted by atomic mass is 35.5. The average Bonchev–Trinajstić information content (AvgIpc) is 3.12. The summed E-state index contributed by atoms with van der Waals surface area (Å²) in [6.45, 7) is 4.15. The lowest BCUT2D eigenvalue weighted by Gasteiger charge is -2.20. The molecule has 1 amide bonds. The Labute approximate surface area is 144 Å². The zero-order chi connectivity index (χ0) is 17.5. The van der Waals surface area contributed by atoms with E-state index in [2.05, 4.69) is 5.10 Å². The van der Waals surface area contributed by atoms with E-state index in [1.54, 1.807) is 28.6 Å². The van der Waals surface area contributed by atoms with Crippen molar-refractivity contribution in [3.63, 3.8) is 0 Å². The molecule has 1 aliphatic rings. The van der Waals surface area contributed by atoms with E-state index in [0.717, 1.165) is 5.69 Å². The molecule has 1 atom stereocenters. The lowest BCUT2D eigenvalue weighted by molar-refractivity contribution is -0.147. The summed E-state index contributed by atoms with van der Waals surface area (Å²) in [5, 5.41) is 14.2. The van der Waals surface area contributed by atoms with Crippen molar-refractivity contribution in [2.75, 3.05) is 13.1 Å². The lowest BCUT2D eigenvalue weighted by Crippen LogP contribution is -2.35. The zero-order valence-corrected chi connectivity index (χ0v) is 14.2. The van der Waals surface area contributed by atoms with Crippen molar-refractivity contribution in [2.45, 2.75) is 20.3 Å². The third-order valence-electron chi connectivity index (χ3n) is 4.59. The van der Waals surface area contributed by atoms with Crippen LogP contribution in [0.5, 0.6) is 0 Å². The van der Waals surface area contributed by atoms with Gasteiger partial charge in [0, 0.05) is 18.1 Å². The molecule has 7 heteroatoms. The second kappa shape index (κ2) is 5.94. The molecule has 0 aliphatic carbocycles. The summed E-state index contributed by atoms with van der Waals surface area (Å²) >= 11 is 5.89. The van der Waals surface area contributed by atoms with Crippen LogP contribution in [0.4, 0.5) is 0 Å². The number of hydrogen-bond acceptors (Lipinski definition) is 3. The maximum Gasteiger partial charge on any atom is 0.311 e. The second-order valence-electron chi connectivity index (χ2n) is 6.37. The maximum absolute atomic E-state index is 12.7. The second-order valence-corrected chi connectivity index (χ2v) is 6.81. The van der Waals surface area contributed by atoms with Crippen LogP contribution in [0.3, 0.4) is 0 Å². The van der Waals surface area contributed by atoms with Crippen molar-refractivity contribution < 1.29 is 14.7 Å². The molecule has 1 saturated heterocycles. The number of nitrogens with zero attached hydrogens (tertiary/aromatic N) is 3. The summed E-state index contributed by atoms with van der Waals surface area (Å²) in [6.07, 6.45) is 1.99. The molecule has 24 heavy (non-hydrogen) atoms. The van der Waals surface area contributed by atoms with Gasteiger partial charge in [0.25, 0.3) is 5.91 Å². The standard InChI is InChI=1S/C17H18ClN3O3/c1-11-14(9-19-21(11)13-5-3-12(18)4-6-13)15(22)20-8-7-17(2,10-20)16(23)24/h3-6,9H,7-8,10H2,1-2H3,(H,23,24). The molecule has 6 nitrogen and oxygen atoms in total. The van der Waals surface area contributed by atoms with E-state index in [0.29, 0.717) is 29.2 Å². The quantitative estimate of drug-likeness (QED) is 0.926. The summed E-state index contributed by atoms with van der Waals surface area (Å²) in [6, 6.07) is 7.18. The first-order valence-electron chi connectivity index (χ1n) is 7.65. The van der Waals surface area contributed by atoms with E-state index in [1.165, 1.54) is 6.20 Å². The van der Waals surface area contributed by atoms with Crippen LogP contribution < -0.4 is 0 Å². The number of halogens is 1. The smallest absolute Gasteiger partial charge is 0.311 e. The van der Waals surface area contributed by atoms with Crippen LogP contribution in [0.2, 0.25) is 5.02 Å². The third-order valence-corrected chi connectivity index (χ3v) is 4.84. The van der Waals surface area contributed by atoms with Gasteiger partial charge in [0.2, 0.25) is 0 Å². The molecule has 1 aromatic heterocycles. The number of carboxylic acid groups (broad SMARTS) is 1. The minimum Gasteiger partial charge on any atom is -0.481 e. The fraction of sp³-hybridized carbons (Fsp3) is 0.353. The third kappa shape index (κ3) is 2.78. The minimum absolute atomic E-state index is 0.183. The number of amides is 1. The summed E-state index contributed by atoms with van der Waals surface area (Å²) in [7, 11) is 0. The maximum atomic E-state index is 12.7. The molecule has 1 aliphatic heterocycles. The van der Waals surface area contributed by atoms with E-state index in [-0.39, 0.29) is 12.5 Å². The monoisotopic (exact) mass is 347 g/mol. The summed E-state index contributed by atoms with van der Waals surface area (Å²) in [4.78, 5) is 25.7. The van der Waals surface area contributed by atoms with Crippen LogP contribution >= 0.6 is 11.6 Å². The van der Waals surface area contributed by atoms with Gasteiger partial charge in [-0.2, -0.15) is 5.10 Å². The van der Waals surface area contributed by atoms with Gasteiger partial charge in [-0.3, -0.25) is 9.59 Å². The molecule has 2 heterocycles. The molecule has 1 fully saturated rings. The van der Waals surface area contributed by atoms with E-state index >= 15 is 0 Å². The summed E-state index contributed by atoms with van der Waals surface area (Å²) in [5.41, 5.74) is 1.13. The van der Waals surface area contributed by atoms with E-state index in [1.807, 2.05) is 19.1 Å². The Morgan fingerprint density at radius 2 is 1.96 bits per heavy atom. The van der Waals surface area contributed by atoms with E-state index in [9.17, 15) is 14.7 Å². The molecule has 0 bridgehead atoms. The molecule has 0 saturated carbocycles. The SMILES string of the molecule is Cc1c(C(=O)N2CCC(C)(C(=O)O)C2)cnn1-c1ccc(Cl)cc1. The van der Waals surface area contributed by atoms with Gasteiger partial charge < -0.3 is 10.0 Å². The average molecular weight is 348 g/mol. The molecule has 0 radical (unpaired) electrons. The predicted octanol–water partition coefficient (Wildman–Crippen LogP) is 2.77. The molecular weight excluding hydrogens is 330 g/mol. The fourth-order valence-electron chi connectivity index (χ4n) is 2.94. The van der Waals surface area contributed by atoms with Crippen LogP contribution in [0.25, 0.3) is 5.69 Å². The number of carbonyl (C=O) groups excluding carboxylic acids is 1. The first kappa shape index (κ1) is 16.5. The largest absolute Gasteiger partial charge is 0.481 e. The highest BCUT2D eigenvalue weighted by Crippen LogP contribution is 2.31. The number of likely N-dealkylation sites (tertiary alicyclic amines) is 1. The molecule has 1 aromatic carbocycles. The van der Waals surface area contributed by atoms with E-state index < -0.39 is 11.4 Å². The normalized spacial score (nSPS) is 20.4. The Hall–Kier alpha value is -2.34. The Bertz CT molecular complexity index is 800. The zero-order valence-electron chi connectivity index (χ0n) is 13.5. The van der Waals surface area contributed by atoms with Gasteiger partial charge in [-0.25, -0.2) is 4.68 Å². The van der Waals surface area contributed by atoms with Gasteiger partial charge in [0.05, 0.1) is 28.6 Å². The highest BCUT2D eigenvalue weighted by Gasteiger charge is 2.42. The van der Waals surface area contributed by atoms with Gasteiger partial charge in [0.15, 0.2) is 0 Å². The van der Waals surface area contributed by atoms with Crippen molar-refractivity contribution >= 4 is 23.5 Å². The highest BCUT2D eigenvalue weighted by molar-refractivity contribution is 6.30. The van der Waals surface area contributed by atoms with Gasteiger partial charge in [0.1, 0.15) is 0 Å². The summed E-state index contributed by atoms with van der Waals surface area (Å²) < 4.78 is 1.68. The van der Waals surface area contributed by atoms with Gasteiger partial charge in [-0.1, -0.05) is 11.6 Å². The number of hydrogen-bond donors (Lipinski definition) is 1. The fourth-order valence-corrected chi connectivity index (χ4v) is 3.07. The molecule has 2 aromatic rings. The minimum atomic E-state index is -0.879. The van der Waals surface area contributed by atoms with Crippen LogP contribution in [0.1, 0.15) is 29.4 Å². The van der Waals surface area contributed by atoms with Gasteiger partial charge in [-0.05, 0) is 44.5 Å². The van der Waals surface area contributed by atoms with Crippen LogP contribution in [0, 0.1) is 12.3 Å². The van der Waals surface area contributed by atoms with Gasteiger partial charge in [-0.15, -0.1) is 0 Å². The van der Waals surface area contributed by atoms with E-state index in [4.69, 9.17) is 11.6 Å². The molecule has 3 rings (SSSR count). The predicted molar refractivity (Wildman–Crippen MR) is 89.6 cm³/mol. The molecular formula is C17H18ClN3O3. The van der Waals surface area contributed by atoms with Crippen molar-refractivity contribution in [1.82, 2.24) is 14.7 Å². The molecule has 1 N–H and O–H groups in total. The Morgan fingerprint density at radius 1 is 1.29 bits per heavy atom. The number of benzene rings is 1. The van der Waals surface area contributed by atoms with Crippen molar-refractivity contribution in [1.29, 1.82) is 0 Å². The van der Waals surface area contributed by atoms with Crippen molar-refractivity contribution in [2.24, 2.45) is 5.41 Å². The topological polar surface area (TPSA) is 75.4 Å². The first-order chi connectivity index (χ1) is 11.3. The Kier molecular flexibility index (Phi) is 4.09. The van der Waals surface area contributed by atoms with Gasteiger partial charge >= 0.3 is 5.97 Å². The number of carbonyl (C=O) groups is 2. The number of rotatable bonds is 3. The first-order valence-corrected chi connectivity index (χ1v) is 8.03. The number of carboxylic acids is 1. The number of aliphatic carboxylic acids is 1. The summed E-state index contributed by atoms with van der Waals surface area (Å²) in [5.74, 6) is -1.05. The Morgan fingerprint density at radius 3 is 2.54 bits per heavy atom. The van der Waals surface area contributed by atoms with Crippen LogP contribution in [0.15, 0.2) is 30.5 Å². The number of aromatic nitrogens is 2. The van der Waals surface area contributed by atoms with Crippen molar-refractivity contribution in [3.05, 3.63) is 46.7 Å². The molecule has 0 spiro atoms. The Balaban J connectivity index is 1.85. The lowest BCUT2D eigenvalue weighted by atomic mass is 9.90. The molecule has 126 valence electrons. The van der Waals surface area contributed by atoms with Crippen LogP contribution in [-0.2, 0) is 4.79 Å². The van der Waals surface area contributed by atoms with Crippen molar-refractivity contribution in [3.8, 4) is 5.69 Å². The van der Waals surface area contributed by atoms with Crippen LogP contribution in [-0.4, -0.2) is 44.8 Å². The molecule has 1 unspecified atom stereocenters.